The van der Waals surface area contributed by atoms with Crippen LogP contribution in [0, 0.1) is 5.92 Å². The van der Waals surface area contributed by atoms with Crippen molar-refractivity contribution in [2.45, 2.75) is 26.7 Å². The smallest absolute Gasteiger partial charge is 0.147 e. The van der Waals surface area contributed by atoms with Crippen LogP contribution in [0.1, 0.15) is 26.7 Å². The molecule has 0 aliphatic rings. The van der Waals surface area contributed by atoms with Gasteiger partial charge < -0.3 is 5.32 Å². The Balaban J connectivity index is 3.33. The monoisotopic (exact) mass is 233 g/mol. The summed E-state index contributed by atoms with van der Waals surface area (Å²) >= 11 is 0. The lowest BCUT2D eigenvalue weighted by molar-refractivity contribution is 0.556. The second-order valence-electron chi connectivity index (χ2n) is 4.28. The highest BCUT2D eigenvalue weighted by Gasteiger charge is 1.97. The van der Waals surface area contributed by atoms with Crippen molar-refractivity contribution >= 4 is 9.84 Å². The first kappa shape index (κ1) is 14.6. The van der Waals surface area contributed by atoms with Gasteiger partial charge in [-0.2, -0.15) is 0 Å². The van der Waals surface area contributed by atoms with Gasteiger partial charge >= 0.3 is 0 Å². The van der Waals surface area contributed by atoms with E-state index in [0.717, 1.165) is 19.5 Å². The zero-order valence-corrected chi connectivity index (χ0v) is 10.8. The number of nitrogens with one attached hydrogen (secondary N) is 1. The number of hydrogen-bond donors (Lipinski definition) is 1. The maximum Gasteiger partial charge on any atom is 0.147 e. The molecule has 90 valence electrons. The van der Waals surface area contributed by atoms with Gasteiger partial charge in [0.25, 0.3) is 0 Å². The van der Waals surface area contributed by atoms with Crippen LogP contribution >= 0.6 is 0 Å². The number of hydrogen-bond acceptors (Lipinski definition) is 3. The summed E-state index contributed by atoms with van der Waals surface area (Å²) in [6.45, 7) is 6.36. The summed E-state index contributed by atoms with van der Waals surface area (Å²) in [5.74, 6) is 0.933. The van der Waals surface area contributed by atoms with Gasteiger partial charge in [-0.05, 0) is 31.8 Å². The average Bonchev–Trinajstić information content (AvgIpc) is 2.07. The van der Waals surface area contributed by atoms with E-state index in [1.165, 1.54) is 6.26 Å². The van der Waals surface area contributed by atoms with Crippen molar-refractivity contribution in [3.63, 3.8) is 0 Å². The van der Waals surface area contributed by atoms with E-state index in [2.05, 4.69) is 19.2 Å². The summed E-state index contributed by atoms with van der Waals surface area (Å²) in [4.78, 5) is 0. The molecule has 0 saturated carbocycles. The van der Waals surface area contributed by atoms with E-state index in [-0.39, 0.29) is 5.75 Å². The van der Waals surface area contributed by atoms with E-state index in [0.29, 0.717) is 12.3 Å². The topological polar surface area (TPSA) is 46.2 Å². The number of sulfone groups is 1. The Hall–Kier alpha value is -0.350. The standard InChI is InChI=1S/C11H23NO2S/c1-11(2)10-12-8-6-4-5-7-9-15(3,13)14/h4-5,11-12H,6-10H2,1-3H3. The molecule has 4 heteroatoms. The molecule has 0 aromatic carbocycles. The summed E-state index contributed by atoms with van der Waals surface area (Å²) in [5, 5.41) is 3.32. The van der Waals surface area contributed by atoms with E-state index >= 15 is 0 Å². The SMILES string of the molecule is CC(C)CNCCC=CCCS(C)(=O)=O. The van der Waals surface area contributed by atoms with Crippen LogP contribution < -0.4 is 5.32 Å². The first-order chi connectivity index (χ1) is 6.92. The highest BCUT2D eigenvalue weighted by molar-refractivity contribution is 7.90. The van der Waals surface area contributed by atoms with Gasteiger partial charge in [-0.25, -0.2) is 8.42 Å². The summed E-state index contributed by atoms with van der Waals surface area (Å²) in [5.41, 5.74) is 0. The summed E-state index contributed by atoms with van der Waals surface area (Å²) < 4.78 is 21.6. The number of rotatable bonds is 8. The van der Waals surface area contributed by atoms with Crippen LogP contribution in [-0.4, -0.2) is 33.5 Å². The van der Waals surface area contributed by atoms with Gasteiger partial charge in [0.2, 0.25) is 0 Å². The maximum absolute atomic E-state index is 10.8. The van der Waals surface area contributed by atoms with Gasteiger partial charge in [0.15, 0.2) is 0 Å². The van der Waals surface area contributed by atoms with Crippen LogP contribution in [0.25, 0.3) is 0 Å². The van der Waals surface area contributed by atoms with Crippen LogP contribution in [0.5, 0.6) is 0 Å². The van der Waals surface area contributed by atoms with Crippen molar-refractivity contribution in [1.29, 1.82) is 0 Å². The van der Waals surface area contributed by atoms with Crippen molar-refractivity contribution in [3.8, 4) is 0 Å². The second-order valence-corrected chi connectivity index (χ2v) is 6.54. The van der Waals surface area contributed by atoms with Crippen molar-refractivity contribution < 1.29 is 8.42 Å². The van der Waals surface area contributed by atoms with Crippen LogP contribution in [0.15, 0.2) is 12.2 Å². The van der Waals surface area contributed by atoms with Crippen LogP contribution in [-0.2, 0) is 9.84 Å². The molecule has 0 amide bonds. The molecule has 0 bridgehead atoms. The Morgan fingerprint density at radius 3 is 2.33 bits per heavy atom. The summed E-state index contributed by atoms with van der Waals surface area (Å²) in [7, 11) is -2.80. The zero-order chi connectivity index (χ0) is 11.7. The molecule has 0 spiro atoms. The Kier molecular flexibility index (Phi) is 7.70. The first-order valence-corrected chi connectivity index (χ1v) is 7.51. The molecule has 1 N–H and O–H groups in total. The number of allylic oxidation sites excluding steroid dienone is 1. The molecule has 0 aromatic rings. The third-order valence-electron chi connectivity index (χ3n) is 1.86. The van der Waals surface area contributed by atoms with Gasteiger partial charge in [-0.15, -0.1) is 0 Å². The van der Waals surface area contributed by atoms with E-state index in [1.807, 2.05) is 12.2 Å². The molecule has 15 heavy (non-hydrogen) atoms. The highest BCUT2D eigenvalue weighted by Crippen LogP contribution is 1.92. The molecule has 0 aromatic heterocycles. The van der Waals surface area contributed by atoms with Crippen LogP contribution in [0.4, 0.5) is 0 Å². The minimum Gasteiger partial charge on any atom is -0.316 e. The fraction of sp³-hybridized carbons (Fsp3) is 0.818. The third-order valence-corrected chi connectivity index (χ3v) is 2.84. The Morgan fingerprint density at radius 1 is 1.20 bits per heavy atom. The largest absolute Gasteiger partial charge is 0.316 e. The predicted octanol–water partition coefficient (Wildman–Crippen LogP) is 1.61. The van der Waals surface area contributed by atoms with E-state index in [9.17, 15) is 8.42 Å². The lowest BCUT2D eigenvalue weighted by Gasteiger charge is -2.04. The molecule has 0 atom stereocenters. The van der Waals surface area contributed by atoms with Crippen molar-refractivity contribution in [2.24, 2.45) is 5.92 Å². The lowest BCUT2D eigenvalue weighted by Crippen LogP contribution is -2.20. The third kappa shape index (κ3) is 13.7. The molecule has 0 heterocycles. The fourth-order valence-corrected chi connectivity index (χ4v) is 1.66. The Bertz CT molecular complexity index is 268. The minimum atomic E-state index is -2.80. The first-order valence-electron chi connectivity index (χ1n) is 5.45. The molecule has 0 saturated heterocycles. The minimum absolute atomic E-state index is 0.253. The van der Waals surface area contributed by atoms with Gasteiger partial charge in [0.1, 0.15) is 9.84 Å². The van der Waals surface area contributed by atoms with E-state index in [1.54, 1.807) is 0 Å². The second kappa shape index (κ2) is 7.88. The molecule has 0 aliphatic carbocycles. The molecule has 0 radical (unpaired) electrons. The Labute approximate surface area is 93.9 Å². The predicted molar refractivity (Wildman–Crippen MR) is 65.8 cm³/mol. The van der Waals surface area contributed by atoms with Crippen LogP contribution in [0.2, 0.25) is 0 Å². The van der Waals surface area contributed by atoms with Gasteiger partial charge in [0, 0.05) is 6.26 Å². The quantitative estimate of drug-likeness (QED) is 0.512. The molecule has 0 fully saturated rings. The van der Waals surface area contributed by atoms with Gasteiger partial charge in [-0.3, -0.25) is 0 Å². The summed E-state index contributed by atoms with van der Waals surface area (Å²) in [6.07, 6.45) is 6.85. The molecular weight excluding hydrogens is 210 g/mol. The van der Waals surface area contributed by atoms with E-state index in [4.69, 9.17) is 0 Å². The maximum atomic E-state index is 10.8. The lowest BCUT2D eigenvalue weighted by atomic mass is 10.2. The molecular formula is C11H23NO2S. The van der Waals surface area contributed by atoms with Crippen molar-refractivity contribution in [3.05, 3.63) is 12.2 Å². The molecule has 3 nitrogen and oxygen atoms in total. The molecule has 0 aliphatic heterocycles. The van der Waals surface area contributed by atoms with Crippen LogP contribution in [0.3, 0.4) is 0 Å². The molecule has 0 unspecified atom stereocenters. The summed E-state index contributed by atoms with van der Waals surface area (Å²) in [6, 6.07) is 0. The fourth-order valence-electron chi connectivity index (χ4n) is 1.09. The van der Waals surface area contributed by atoms with Gasteiger partial charge in [0.05, 0.1) is 5.75 Å². The zero-order valence-electron chi connectivity index (χ0n) is 9.99. The highest BCUT2D eigenvalue weighted by atomic mass is 32.2. The Morgan fingerprint density at radius 2 is 1.80 bits per heavy atom. The normalized spacial score (nSPS) is 12.8. The van der Waals surface area contributed by atoms with Gasteiger partial charge in [-0.1, -0.05) is 26.0 Å². The van der Waals surface area contributed by atoms with Crippen molar-refractivity contribution in [1.82, 2.24) is 5.32 Å². The van der Waals surface area contributed by atoms with E-state index < -0.39 is 9.84 Å². The molecule has 0 rings (SSSR count). The average molecular weight is 233 g/mol. The van der Waals surface area contributed by atoms with Crippen molar-refractivity contribution in [2.75, 3.05) is 25.1 Å².